The van der Waals surface area contributed by atoms with Crippen LogP contribution in [0.2, 0.25) is 0 Å². The predicted molar refractivity (Wildman–Crippen MR) is 32.8 cm³/mol. The summed E-state index contributed by atoms with van der Waals surface area (Å²) in [5.74, 6) is 0. The van der Waals surface area contributed by atoms with Crippen LogP contribution in [0.25, 0.3) is 0 Å². The second-order valence-electron chi connectivity index (χ2n) is 1.95. The van der Waals surface area contributed by atoms with E-state index in [0.717, 1.165) is 0 Å². The third-order valence-corrected chi connectivity index (χ3v) is 1.14. The Balaban J connectivity index is 2.28. The first-order valence-corrected chi connectivity index (χ1v) is 3.04. The van der Waals surface area contributed by atoms with Crippen molar-refractivity contribution in [1.29, 1.82) is 0 Å². The molecule has 0 fully saturated rings. The summed E-state index contributed by atoms with van der Waals surface area (Å²) in [7, 11) is 0. The molecule has 0 unspecified atom stereocenters. The van der Waals surface area contributed by atoms with Crippen molar-refractivity contribution in [3.8, 4) is 0 Å². The summed E-state index contributed by atoms with van der Waals surface area (Å²) in [5, 5.41) is 3.77. The van der Waals surface area contributed by atoms with Crippen LogP contribution in [-0.4, -0.2) is 16.2 Å². The highest BCUT2D eigenvalue weighted by molar-refractivity contribution is 4.77. The van der Waals surface area contributed by atoms with Crippen molar-refractivity contribution < 1.29 is 8.78 Å². The molecule has 0 saturated carbocycles. The van der Waals surface area contributed by atoms with E-state index in [9.17, 15) is 8.78 Å². The molecule has 0 atom stereocenters. The summed E-state index contributed by atoms with van der Waals surface area (Å²) in [6.07, 6.45) is 0.888. The Kier molecular flexibility index (Phi) is 2.36. The van der Waals surface area contributed by atoms with Gasteiger partial charge in [0.15, 0.2) is 0 Å². The third-order valence-electron chi connectivity index (χ3n) is 1.14. The predicted octanol–water partition coefficient (Wildman–Crippen LogP) is 1.54. The molecule has 4 heteroatoms. The van der Waals surface area contributed by atoms with Gasteiger partial charge >= 0.3 is 0 Å². The number of hydrogen-bond donors (Lipinski definition) is 0. The fraction of sp³-hybridized carbons (Fsp3) is 0.500. The molecule has 0 aliphatic heterocycles. The number of nitrogens with zero attached hydrogens (tertiary/aromatic N) is 2. The molecule has 0 radical (unpaired) electrons. The van der Waals surface area contributed by atoms with Crippen molar-refractivity contribution >= 4 is 0 Å². The quantitative estimate of drug-likeness (QED) is 0.632. The molecule has 0 aromatic carbocycles. The molecule has 0 aliphatic rings. The van der Waals surface area contributed by atoms with Gasteiger partial charge in [0.1, 0.15) is 0 Å². The summed E-state index contributed by atoms with van der Waals surface area (Å²) in [6.45, 7) is 0.296. The SMILES string of the molecule is FC(F)CCn1cccn1. The second-order valence-corrected chi connectivity index (χ2v) is 1.95. The number of aromatic nitrogens is 2. The second kappa shape index (κ2) is 3.29. The number of rotatable bonds is 3. The summed E-state index contributed by atoms with van der Waals surface area (Å²) in [4.78, 5) is 0. The van der Waals surface area contributed by atoms with Crippen LogP contribution in [0, 0.1) is 0 Å². The van der Waals surface area contributed by atoms with Crippen LogP contribution in [0.1, 0.15) is 6.42 Å². The molecule has 56 valence electrons. The van der Waals surface area contributed by atoms with E-state index in [-0.39, 0.29) is 6.42 Å². The minimum absolute atomic E-state index is 0.123. The van der Waals surface area contributed by atoms with Gasteiger partial charge < -0.3 is 0 Å². The van der Waals surface area contributed by atoms with E-state index < -0.39 is 6.43 Å². The summed E-state index contributed by atoms with van der Waals surface area (Å²) in [6, 6.07) is 1.71. The molecule has 0 amide bonds. The van der Waals surface area contributed by atoms with Crippen LogP contribution in [0.15, 0.2) is 18.5 Å². The minimum atomic E-state index is -2.23. The van der Waals surface area contributed by atoms with Crippen LogP contribution < -0.4 is 0 Å². The molecule has 1 aromatic heterocycles. The normalized spacial score (nSPS) is 10.7. The van der Waals surface area contributed by atoms with Crippen LogP contribution >= 0.6 is 0 Å². The van der Waals surface area contributed by atoms with Crippen molar-refractivity contribution in [2.45, 2.75) is 19.4 Å². The number of alkyl halides is 2. The molecule has 1 rings (SSSR count). The highest BCUT2D eigenvalue weighted by Gasteiger charge is 2.01. The van der Waals surface area contributed by atoms with Gasteiger partial charge in [-0.05, 0) is 6.07 Å². The smallest absolute Gasteiger partial charge is 0.240 e. The first kappa shape index (κ1) is 7.18. The van der Waals surface area contributed by atoms with Gasteiger partial charge in [0.25, 0.3) is 0 Å². The zero-order valence-electron chi connectivity index (χ0n) is 5.37. The van der Waals surface area contributed by atoms with Crippen LogP contribution in [0.3, 0.4) is 0 Å². The molecule has 0 bridgehead atoms. The van der Waals surface area contributed by atoms with E-state index >= 15 is 0 Å². The lowest BCUT2D eigenvalue weighted by molar-refractivity contribution is 0.130. The average molecular weight is 146 g/mol. The van der Waals surface area contributed by atoms with Crippen LogP contribution in [-0.2, 0) is 6.54 Å². The average Bonchev–Trinajstić information content (AvgIpc) is 2.34. The highest BCUT2D eigenvalue weighted by Crippen LogP contribution is 2.00. The molecule has 10 heavy (non-hydrogen) atoms. The molecule has 0 aliphatic carbocycles. The van der Waals surface area contributed by atoms with Gasteiger partial charge in [-0.1, -0.05) is 0 Å². The van der Waals surface area contributed by atoms with E-state index in [1.165, 1.54) is 4.68 Å². The fourth-order valence-electron chi connectivity index (χ4n) is 0.663. The van der Waals surface area contributed by atoms with Crippen molar-refractivity contribution in [2.75, 3.05) is 0 Å². The Morgan fingerprint density at radius 3 is 2.80 bits per heavy atom. The van der Waals surface area contributed by atoms with Gasteiger partial charge in [-0.2, -0.15) is 5.10 Å². The lowest BCUT2D eigenvalue weighted by atomic mass is 10.4. The summed E-state index contributed by atoms with van der Waals surface area (Å²) >= 11 is 0. The number of halogens is 2. The zero-order valence-corrected chi connectivity index (χ0v) is 5.37. The zero-order chi connectivity index (χ0) is 7.40. The lowest BCUT2D eigenvalue weighted by Gasteiger charge is -1.98. The maximum atomic E-state index is 11.6. The van der Waals surface area contributed by atoms with Gasteiger partial charge in [0, 0.05) is 25.4 Å². The maximum Gasteiger partial charge on any atom is 0.240 e. The molecule has 0 saturated heterocycles. The topological polar surface area (TPSA) is 17.8 Å². The number of hydrogen-bond acceptors (Lipinski definition) is 1. The van der Waals surface area contributed by atoms with Crippen molar-refractivity contribution in [1.82, 2.24) is 9.78 Å². The van der Waals surface area contributed by atoms with E-state index in [2.05, 4.69) is 5.10 Å². The molecule has 0 N–H and O–H groups in total. The van der Waals surface area contributed by atoms with Crippen molar-refractivity contribution in [3.63, 3.8) is 0 Å². The molecule has 1 aromatic rings. The maximum absolute atomic E-state index is 11.6. The molecular weight excluding hydrogens is 138 g/mol. The minimum Gasteiger partial charge on any atom is -0.273 e. The van der Waals surface area contributed by atoms with Crippen LogP contribution in [0.5, 0.6) is 0 Å². The van der Waals surface area contributed by atoms with Gasteiger partial charge in [0.05, 0.1) is 0 Å². The first-order valence-electron chi connectivity index (χ1n) is 3.04. The van der Waals surface area contributed by atoms with E-state index in [4.69, 9.17) is 0 Å². The number of aryl methyl sites for hydroxylation is 1. The highest BCUT2D eigenvalue weighted by atomic mass is 19.3. The molecular formula is C6H8F2N2. The van der Waals surface area contributed by atoms with Crippen molar-refractivity contribution in [2.24, 2.45) is 0 Å². The summed E-state index contributed by atoms with van der Waals surface area (Å²) in [5.41, 5.74) is 0. The van der Waals surface area contributed by atoms with Gasteiger partial charge in [-0.3, -0.25) is 4.68 Å². The fourth-order valence-corrected chi connectivity index (χ4v) is 0.663. The van der Waals surface area contributed by atoms with E-state index in [1.807, 2.05) is 0 Å². The molecule has 1 heterocycles. The summed E-state index contributed by atoms with van der Waals surface area (Å²) < 4.78 is 24.7. The standard InChI is InChI=1S/C6H8F2N2/c7-6(8)2-5-10-4-1-3-9-10/h1,3-4,6H,2,5H2. The Labute approximate surface area is 57.5 Å². The Morgan fingerprint density at radius 1 is 1.50 bits per heavy atom. The Hall–Kier alpha value is -0.930. The monoisotopic (exact) mass is 146 g/mol. The van der Waals surface area contributed by atoms with Crippen molar-refractivity contribution in [3.05, 3.63) is 18.5 Å². The molecule has 2 nitrogen and oxygen atoms in total. The Morgan fingerprint density at radius 2 is 2.30 bits per heavy atom. The largest absolute Gasteiger partial charge is 0.273 e. The van der Waals surface area contributed by atoms with Crippen LogP contribution in [0.4, 0.5) is 8.78 Å². The lowest BCUT2D eigenvalue weighted by Crippen LogP contribution is -2.02. The van der Waals surface area contributed by atoms with Gasteiger partial charge in [-0.25, -0.2) is 8.78 Å². The van der Waals surface area contributed by atoms with E-state index in [0.29, 0.717) is 6.54 Å². The first-order chi connectivity index (χ1) is 4.79. The van der Waals surface area contributed by atoms with E-state index in [1.54, 1.807) is 18.5 Å². The molecule has 0 spiro atoms. The third kappa shape index (κ3) is 2.13. The Bertz CT molecular complexity index is 172. The van der Waals surface area contributed by atoms with Gasteiger partial charge in [0.2, 0.25) is 6.43 Å². The van der Waals surface area contributed by atoms with Gasteiger partial charge in [-0.15, -0.1) is 0 Å².